The van der Waals surface area contributed by atoms with Crippen molar-refractivity contribution in [2.24, 2.45) is 0 Å². The third-order valence-electron chi connectivity index (χ3n) is 8.75. The maximum Gasteiger partial charge on any atom is 0.410 e. The van der Waals surface area contributed by atoms with E-state index in [-0.39, 0.29) is 12.2 Å². The lowest BCUT2D eigenvalue weighted by atomic mass is 9.98. The monoisotopic (exact) mass is 691 g/mol. The predicted octanol–water partition coefficient (Wildman–Crippen LogP) is 8.85. The molecule has 2 aliphatic rings. The molecule has 4 aromatic rings. The van der Waals surface area contributed by atoms with Gasteiger partial charge in [0.05, 0.1) is 12.1 Å². The molecule has 266 valence electrons. The van der Waals surface area contributed by atoms with Crippen LogP contribution in [0.2, 0.25) is 0 Å². The molecule has 10 heteroatoms. The van der Waals surface area contributed by atoms with E-state index in [4.69, 9.17) is 9.47 Å². The number of hydrogen-bond donors (Lipinski definition) is 0. The summed E-state index contributed by atoms with van der Waals surface area (Å²) < 4.78 is 29.0. The summed E-state index contributed by atoms with van der Waals surface area (Å²) in [7, 11) is 0. The number of aromatic nitrogens is 3. The van der Waals surface area contributed by atoms with Gasteiger partial charge in [-0.1, -0.05) is 72.8 Å². The zero-order chi connectivity index (χ0) is 36.3. The van der Waals surface area contributed by atoms with Gasteiger partial charge in [0.25, 0.3) is 0 Å². The fourth-order valence-electron chi connectivity index (χ4n) is 6.21. The second-order valence-corrected chi connectivity index (χ2v) is 15.0. The molecule has 6 rings (SSSR count). The van der Waals surface area contributed by atoms with Crippen molar-refractivity contribution in [3.05, 3.63) is 107 Å². The number of rotatable bonds is 6. The van der Waals surface area contributed by atoms with Crippen molar-refractivity contribution in [1.29, 1.82) is 0 Å². The van der Waals surface area contributed by atoms with E-state index in [9.17, 15) is 9.59 Å². The second-order valence-electron chi connectivity index (χ2n) is 15.0. The van der Waals surface area contributed by atoms with Gasteiger partial charge in [0.15, 0.2) is 11.6 Å². The van der Waals surface area contributed by atoms with Crippen molar-refractivity contribution < 1.29 is 23.5 Å². The Hall–Kier alpha value is -5.25. The van der Waals surface area contributed by atoms with Crippen LogP contribution in [0.1, 0.15) is 71.1 Å². The van der Waals surface area contributed by atoms with Gasteiger partial charge in [-0.25, -0.2) is 14.0 Å². The molecule has 0 saturated heterocycles. The van der Waals surface area contributed by atoms with Crippen LogP contribution in [0.3, 0.4) is 0 Å². The molecule has 0 fully saturated rings. The molecule has 0 atom stereocenters. The maximum atomic E-state index is 16.0. The molecule has 0 saturated carbocycles. The van der Waals surface area contributed by atoms with Gasteiger partial charge in [-0.15, -0.1) is 10.2 Å². The summed E-state index contributed by atoms with van der Waals surface area (Å²) in [4.78, 5) is 28.4. The zero-order valence-electron chi connectivity index (χ0n) is 30.3. The van der Waals surface area contributed by atoms with Crippen LogP contribution < -0.4 is 0 Å². The van der Waals surface area contributed by atoms with Crippen LogP contribution in [0, 0.1) is 5.82 Å². The highest BCUT2D eigenvalue weighted by Gasteiger charge is 2.26. The number of nitrogens with zero attached hydrogens (tertiary/aromatic N) is 5. The number of amides is 2. The number of benzene rings is 3. The summed E-state index contributed by atoms with van der Waals surface area (Å²) in [6.07, 6.45) is 4.71. The van der Waals surface area contributed by atoms with Crippen LogP contribution in [-0.4, -0.2) is 74.1 Å². The van der Waals surface area contributed by atoms with Gasteiger partial charge in [0.2, 0.25) is 0 Å². The Morgan fingerprint density at radius 1 is 0.686 bits per heavy atom. The number of ether oxygens (including phenoxy) is 2. The minimum absolute atomic E-state index is 0.300. The quantitative estimate of drug-likeness (QED) is 0.201. The third-order valence-corrected chi connectivity index (χ3v) is 8.75. The summed E-state index contributed by atoms with van der Waals surface area (Å²) in [5.41, 5.74) is 5.16. The van der Waals surface area contributed by atoms with Gasteiger partial charge in [-0.05, 0) is 94.4 Å². The van der Waals surface area contributed by atoms with Crippen LogP contribution in [-0.2, 0) is 16.0 Å². The predicted molar refractivity (Wildman–Crippen MR) is 197 cm³/mol. The molecule has 0 aliphatic carbocycles. The Kier molecular flexibility index (Phi) is 10.1. The van der Waals surface area contributed by atoms with Crippen LogP contribution >= 0.6 is 0 Å². The lowest BCUT2D eigenvalue weighted by Gasteiger charge is -2.29. The van der Waals surface area contributed by atoms with E-state index in [1.54, 1.807) is 21.9 Å². The first-order chi connectivity index (χ1) is 24.2. The summed E-state index contributed by atoms with van der Waals surface area (Å²) in [5.74, 6) is 0.680. The Morgan fingerprint density at radius 3 is 1.71 bits per heavy atom. The summed E-state index contributed by atoms with van der Waals surface area (Å²) in [6, 6.07) is 23.3. The molecule has 0 N–H and O–H groups in total. The molecule has 0 unspecified atom stereocenters. The minimum atomic E-state index is -0.564. The fourth-order valence-corrected chi connectivity index (χ4v) is 6.21. The minimum Gasteiger partial charge on any atom is -0.444 e. The molecular weight excluding hydrogens is 645 g/mol. The van der Waals surface area contributed by atoms with Crippen molar-refractivity contribution in [2.75, 3.05) is 26.2 Å². The Morgan fingerprint density at radius 2 is 1.20 bits per heavy atom. The molecule has 2 amide bonds. The van der Waals surface area contributed by atoms with Crippen molar-refractivity contribution >= 4 is 23.3 Å². The molecule has 2 aliphatic heterocycles. The smallest absolute Gasteiger partial charge is 0.410 e. The Balaban J connectivity index is 1.23. The molecular formula is C41H46FN5O4. The first kappa shape index (κ1) is 35.6. The number of halogens is 1. The second kappa shape index (κ2) is 14.5. The first-order valence-corrected chi connectivity index (χ1v) is 17.5. The first-order valence-electron chi connectivity index (χ1n) is 17.5. The van der Waals surface area contributed by atoms with E-state index in [0.29, 0.717) is 56.4 Å². The lowest BCUT2D eigenvalue weighted by molar-refractivity contribution is 0.0260. The van der Waals surface area contributed by atoms with Gasteiger partial charge < -0.3 is 23.8 Å². The molecule has 3 aromatic carbocycles. The highest BCUT2D eigenvalue weighted by Crippen LogP contribution is 2.32. The van der Waals surface area contributed by atoms with Gasteiger partial charge in [0.1, 0.15) is 17.0 Å². The fraction of sp³-hybridized carbons (Fsp3) is 0.366. The average Bonchev–Trinajstić information content (AvgIpc) is 3.50. The van der Waals surface area contributed by atoms with Gasteiger partial charge in [-0.2, -0.15) is 0 Å². The van der Waals surface area contributed by atoms with E-state index in [1.165, 1.54) is 5.57 Å². The van der Waals surface area contributed by atoms with E-state index in [1.807, 2.05) is 101 Å². The molecule has 1 aromatic heterocycles. The molecule has 3 heterocycles. The van der Waals surface area contributed by atoms with Crippen molar-refractivity contribution in [1.82, 2.24) is 24.6 Å². The van der Waals surface area contributed by atoms with Crippen molar-refractivity contribution in [3.63, 3.8) is 0 Å². The van der Waals surface area contributed by atoms with E-state index in [2.05, 4.69) is 28.4 Å². The maximum absolute atomic E-state index is 16.0. The number of carbonyl (C=O) groups is 2. The van der Waals surface area contributed by atoms with E-state index < -0.39 is 17.0 Å². The topological polar surface area (TPSA) is 89.8 Å². The van der Waals surface area contributed by atoms with Gasteiger partial charge in [-0.3, -0.25) is 0 Å². The van der Waals surface area contributed by atoms with Gasteiger partial charge in [0, 0.05) is 31.7 Å². The van der Waals surface area contributed by atoms with Crippen molar-refractivity contribution in [2.45, 2.75) is 72.1 Å². The molecule has 0 radical (unpaired) electrons. The third kappa shape index (κ3) is 8.74. The molecule has 0 bridgehead atoms. The van der Waals surface area contributed by atoms with Crippen molar-refractivity contribution in [3.8, 4) is 22.8 Å². The molecule has 0 spiro atoms. The highest BCUT2D eigenvalue weighted by molar-refractivity contribution is 5.75. The van der Waals surface area contributed by atoms with Gasteiger partial charge >= 0.3 is 12.2 Å². The zero-order valence-corrected chi connectivity index (χ0v) is 30.3. The number of carbonyl (C=O) groups excluding carboxylic acids is 2. The van der Waals surface area contributed by atoms with Crippen LogP contribution in [0.15, 0.2) is 84.9 Å². The highest BCUT2D eigenvalue weighted by atomic mass is 19.1. The van der Waals surface area contributed by atoms with Crippen LogP contribution in [0.25, 0.3) is 33.9 Å². The normalized spacial score (nSPS) is 15.3. The molecule has 9 nitrogen and oxygen atoms in total. The van der Waals surface area contributed by atoms with E-state index in [0.717, 1.165) is 34.2 Å². The van der Waals surface area contributed by atoms with Crippen LogP contribution in [0.5, 0.6) is 0 Å². The lowest BCUT2D eigenvalue weighted by Crippen LogP contribution is -2.39. The molecule has 51 heavy (non-hydrogen) atoms. The Labute approximate surface area is 299 Å². The standard InChI is InChI=1S/C41H46FN5O4/c1-40(2,3)50-38(48)45-22-18-30(19-23-45)29-12-14-32(15-13-29)36-43-44-37(47(36)27-28-10-8-7-9-11-28)34-17-16-33(26-35(34)42)31-20-24-46(25-21-31)39(49)51-41(4,5)6/h7-18,20,26H,19,21-25,27H2,1-6H3. The van der Waals surface area contributed by atoms with Crippen LogP contribution in [0.4, 0.5) is 14.0 Å². The summed E-state index contributed by atoms with van der Waals surface area (Å²) in [5, 5.41) is 9.10. The SMILES string of the molecule is CC(C)(C)OC(=O)N1CC=C(c2ccc(-c3nnc(-c4ccc(C5=CCN(C(=O)OC(C)(C)C)CC5)cc4F)n3Cc3ccccc3)cc2)CC1. The summed E-state index contributed by atoms with van der Waals surface area (Å²) in [6.45, 7) is 13.6. The largest absolute Gasteiger partial charge is 0.444 e. The van der Waals surface area contributed by atoms with E-state index >= 15 is 4.39 Å². The Bertz CT molecular complexity index is 1950. The average molecular weight is 692 g/mol. The summed E-state index contributed by atoms with van der Waals surface area (Å²) >= 11 is 0. The number of hydrogen-bond acceptors (Lipinski definition) is 6.